The zero-order chi connectivity index (χ0) is 14.8. The molecule has 1 aliphatic heterocycles. The van der Waals surface area contributed by atoms with Crippen LogP contribution in [-0.2, 0) is 9.59 Å². The van der Waals surface area contributed by atoms with Crippen LogP contribution in [0.25, 0.3) is 0 Å². The SMILES string of the molecule is CC(CC(=O)O)NC(=O)N1CCN(C)C(=O)C1(C)C. The molecule has 0 aromatic carbocycles. The number of likely N-dealkylation sites (N-methyl/N-ethyl adjacent to an activating group) is 1. The highest BCUT2D eigenvalue weighted by Gasteiger charge is 2.43. The third-order valence-electron chi connectivity index (χ3n) is 3.30. The summed E-state index contributed by atoms with van der Waals surface area (Å²) in [6.07, 6.45) is -0.145. The van der Waals surface area contributed by atoms with Crippen LogP contribution in [0.15, 0.2) is 0 Å². The van der Waals surface area contributed by atoms with Crippen LogP contribution in [0.1, 0.15) is 27.2 Å². The molecule has 0 spiro atoms. The third-order valence-corrected chi connectivity index (χ3v) is 3.30. The van der Waals surface area contributed by atoms with Crippen LogP contribution >= 0.6 is 0 Å². The summed E-state index contributed by atoms with van der Waals surface area (Å²) in [5.74, 6) is -1.10. The summed E-state index contributed by atoms with van der Waals surface area (Å²) in [7, 11) is 1.70. The Morgan fingerprint density at radius 3 is 2.53 bits per heavy atom. The molecule has 0 saturated carbocycles. The molecule has 1 unspecified atom stereocenters. The van der Waals surface area contributed by atoms with Gasteiger partial charge in [-0.05, 0) is 20.8 Å². The smallest absolute Gasteiger partial charge is 0.318 e. The lowest BCUT2D eigenvalue weighted by atomic mass is 9.98. The number of hydrogen-bond donors (Lipinski definition) is 2. The van der Waals surface area contributed by atoms with E-state index in [1.165, 1.54) is 4.90 Å². The van der Waals surface area contributed by atoms with Gasteiger partial charge < -0.3 is 20.2 Å². The summed E-state index contributed by atoms with van der Waals surface area (Å²) in [6, 6.07) is -0.879. The van der Waals surface area contributed by atoms with E-state index < -0.39 is 23.6 Å². The summed E-state index contributed by atoms with van der Waals surface area (Å²) < 4.78 is 0. The molecule has 1 atom stereocenters. The average Bonchev–Trinajstić information content (AvgIpc) is 2.24. The summed E-state index contributed by atoms with van der Waals surface area (Å²) in [5, 5.41) is 11.3. The third kappa shape index (κ3) is 3.36. The van der Waals surface area contributed by atoms with Crippen molar-refractivity contribution in [2.24, 2.45) is 0 Å². The molecule has 108 valence electrons. The fourth-order valence-electron chi connectivity index (χ4n) is 2.17. The lowest BCUT2D eigenvalue weighted by Crippen LogP contribution is -2.65. The largest absolute Gasteiger partial charge is 0.481 e. The Labute approximate surface area is 112 Å². The predicted molar refractivity (Wildman–Crippen MR) is 68.7 cm³/mol. The van der Waals surface area contributed by atoms with E-state index in [1.54, 1.807) is 32.7 Å². The van der Waals surface area contributed by atoms with E-state index in [1.807, 2.05) is 0 Å². The molecule has 7 heteroatoms. The van der Waals surface area contributed by atoms with Gasteiger partial charge >= 0.3 is 12.0 Å². The molecule has 0 aliphatic carbocycles. The van der Waals surface area contributed by atoms with E-state index in [0.717, 1.165) is 0 Å². The van der Waals surface area contributed by atoms with E-state index in [2.05, 4.69) is 5.32 Å². The Kier molecular flexibility index (Phi) is 4.39. The molecule has 1 rings (SSSR count). The van der Waals surface area contributed by atoms with Crippen LogP contribution in [0.4, 0.5) is 4.79 Å². The number of rotatable bonds is 3. The number of carbonyl (C=O) groups is 3. The Bertz CT molecular complexity index is 394. The van der Waals surface area contributed by atoms with Gasteiger partial charge in [-0.3, -0.25) is 9.59 Å². The predicted octanol–water partition coefficient (Wildman–Crippen LogP) is 0.112. The number of aliphatic carboxylic acids is 1. The monoisotopic (exact) mass is 271 g/mol. The fraction of sp³-hybridized carbons (Fsp3) is 0.750. The minimum Gasteiger partial charge on any atom is -0.481 e. The zero-order valence-corrected chi connectivity index (χ0v) is 11.8. The summed E-state index contributed by atoms with van der Waals surface area (Å²) in [6.45, 7) is 5.90. The second kappa shape index (κ2) is 5.46. The van der Waals surface area contributed by atoms with Crippen molar-refractivity contribution in [3.63, 3.8) is 0 Å². The fourth-order valence-corrected chi connectivity index (χ4v) is 2.17. The second-order valence-corrected chi connectivity index (χ2v) is 5.39. The van der Waals surface area contributed by atoms with Gasteiger partial charge in [-0.25, -0.2) is 4.79 Å². The van der Waals surface area contributed by atoms with Crippen LogP contribution in [0.2, 0.25) is 0 Å². The topological polar surface area (TPSA) is 89.9 Å². The maximum Gasteiger partial charge on any atom is 0.318 e. The molecule has 3 amide bonds. The highest BCUT2D eigenvalue weighted by molar-refractivity contribution is 5.91. The summed E-state index contributed by atoms with van der Waals surface area (Å²) >= 11 is 0. The number of nitrogens with zero attached hydrogens (tertiary/aromatic N) is 2. The van der Waals surface area contributed by atoms with Crippen LogP contribution < -0.4 is 5.32 Å². The highest BCUT2D eigenvalue weighted by atomic mass is 16.4. The maximum atomic E-state index is 12.1. The lowest BCUT2D eigenvalue weighted by molar-refractivity contribution is -0.144. The Balaban J connectivity index is 2.71. The number of amides is 3. The van der Waals surface area contributed by atoms with Crippen molar-refractivity contribution in [1.29, 1.82) is 0 Å². The lowest BCUT2D eigenvalue weighted by Gasteiger charge is -2.44. The van der Waals surface area contributed by atoms with Gasteiger partial charge in [-0.2, -0.15) is 0 Å². The van der Waals surface area contributed by atoms with Crippen molar-refractivity contribution < 1.29 is 19.5 Å². The molecule has 0 aromatic heterocycles. The van der Waals surface area contributed by atoms with E-state index in [9.17, 15) is 14.4 Å². The van der Waals surface area contributed by atoms with Crippen molar-refractivity contribution in [3.8, 4) is 0 Å². The molecule has 7 nitrogen and oxygen atoms in total. The molecule has 1 heterocycles. The van der Waals surface area contributed by atoms with Gasteiger partial charge in [0.25, 0.3) is 0 Å². The van der Waals surface area contributed by atoms with Gasteiger partial charge in [-0.1, -0.05) is 0 Å². The minimum absolute atomic E-state index is 0.125. The maximum absolute atomic E-state index is 12.1. The van der Waals surface area contributed by atoms with Gasteiger partial charge in [0.2, 0.25) is 5.91 Å². The number of hydrogen-bond acceptors (Lipinski definition) is 3. The number of urea groups is 1. The molecule has 0 aromatic rings. The zero-order valence-electron chi connectivity index (χ0n) is 11.8. The van der Waals surface area contributed by atoms with Crippen molar-refractivity contribution in [2.75, 3.05) is 20.1 Å². The first kappa shape index (κ1) is 15.3. The van der Waals surface area contributed by atoms with E-state index >= 15 is 0 Å². The van der Waals surface area contributed by atoms with Crippen LogP contribution in [0.3, 0.4) is 0 Å². The molecule has 2 N–H and O–H groups in total. The second-order valence-electron chi connectivity index (χ2n) is 5.39. The Hall–Kier alpha value is -1.79. The van der Waals surface area contributed by atoms with Crippen LogP contribution in [0.5, 0.6) is 0 Å². The Morgan fingerprint density at radius 1 is 1.42 bits per heavy atom. The molecule has 0 bridgehead atoms. The van der Waals surface area contributed by atoms with Crippen molar-refractivity contribution in [2.45, 2.75) is 38.8 Å². The quantitative estimate of drug-likeness (QED) is 0.762. The Morgan fingerprint density at radius 2 is 2.00 bits per heavy atom. The number of carboxylic acid groups (broad SMARTS) is 1. The molecular formula is C12H21N3O4. The molecule has 19 heavy (non-hydrogen) atoms. The number of carboxylic acids is 1. The van der Waals surface area contributed by atoms with Crippen LogP contribution in [0, 0.1) is 0 Å². The summed E-state index contributed by atoms with van der Waals surface area (Å²) in [5.41, 5.74) is -0.917. The van der Waals surface area contributed by atoms with Gasteiger partial charge in [-0.15, -0.1) is 0 Å². The van der Waals surface area contributed by atoms with E-state index in [-0.39, 0.29) is 12.3 Å². The number of carbonyl (C=O) groups excluding carboxylic acids is 2. The number of nitrogens with one attached hydrogen (secondary N) is 1. The first-order valence-corrected chi connectivity index (χ1v) is 6.21. The molecule has 0 radical (unpaired) electrons. The van der Waals surface area contributed by atoms with Gasteiger partial charge in [0.15, 0.2) is 0 Å². The van der Waals surface area contributed by atoms with Crippen molar-refractivity contribution in [3.05, 3.63) is 0 Å². The van der Waals surface area contributed by atoms with E-state index in [0.29, 0.717) is 13.1 Å². The molecular weight excluding hydrogens is 250 g/mol. The van der Waals surface area contributed by atoms with Crippen LogP contribution in [-0.4, -0.2) is 64.5 Å². The minimum atomic E-state index is -0.971. The molecule has 1 aliphatic rings. The van der Waals surface area contributed by atoms with Crippen molar-refractivity contribution >= 4 is 17.9 Å². The first-order valence-electron chi connectivity index (χ1n) is 6.21. The van der Waals surface area contributed by atoms with Gasteiger partial charge in [0, 0.05) is 26.2 Å². The molecule has 1 fully saturated rings. The highest BCUT2D eigenvalue weighted by Crippen LogP contribution is 2.21. The first-order chi connectivity index (χ1) is 8.66. The number of piperazine rings is 1. The normalized spacial score (nSPS) is 20.1. The molecule has 1 saturated heterocycles. The van der Waals surface area contributed by atoms with Gasteiger partial charge in [0.1, 0.15) is 5.54 Å². The van der Waals surface area contributed by atoms with E-state index in [4.69, 9.17) is 5.11 Å². The van der Waals surface area contributed by atoms with Gasteiger partial charge in [0.05, 0.1) is 6.42 Å². The average molecular weight is 271 g/mol. The van der Waals surface area contributed by atoms with Crippen molar-refractivity contribution in [1.82, 2.24) is 15.1 Å². The summed E-state index contributed by atoms with van der Waals surface area (Å²) in [4.78, 5) is 37.7. The standard InChI is InChI=1S/C12H21N3O4/c1-8(7-9(16)17)13-11(19)15-6-5-14(4)10(18)12(15,2)3/h8H,5-7H2,1-4H3,(H,13,19)(H,16,17).